The smallest absolute Gasteiger partial charge is 0.270 e. The molecule has 1 aliphatic carbocycles. The van der Waals surface area contributed by atoms with Crippen molar-refractivity contribution >= 4 is 11.7 Å². The molecule has 0 aliphatic heterocycles. The summed E-state index contributed by atoms with van der Waals surface area (Å²) < 4.78 is 12.9. The number of halogens is 1. The number of anilines is 1. The Morgan fingerprint density at radius 2 is 1.88 bits per heavy atom. The van der Waals surface area contributed by atoms with Crippen molar-refractivity contribution in [2.75, 3.05) is 5.32 Å². The molecule has 1 saturated carbocycles. The molecule has 5 nitrogen and oxygen atoms in total. The number of carbonyl (C=O) groups excluding carboxylic acids is 1. The Hall–Kier alpha value is -2.50. The molecule has 1 aromatic heterocycles. The first-order valence-corrected chi connectivity index (χ1v) is 8.75. The number of hydrogen-bond donors (Lipinski definition) is 2. The van der Waals surface area contributed by atoms with E-state index >= 15 is 0 Å². The maximum atomic E-state index is 12.9. The number of hydrogen-bond acceptors (Lipinski definition) is 4. The van der Waals surface area contributed by atoms with Gasteiger partial charge in [0.25, 0.3) is 5.91 Å². The molecule has 2 aromatic rings. The van der Waals surface area contributed by atoms with Gasteiger partial charge in [0.15, 0.2) is 0 Å². The van der Waals surface area contributed by atoms with Crippen LogP contribution >= 0.6 is 0 Å². The van der Waals surface area contributed by atoms with Crippen LogP contribution in [0.3, 0.4) is 0 Å². The number of rotatable bonds is 5. The Kier molecular flexibility index (Phi) is 5.58. The Balaban J connectivity index is 1.64. The SMILES string of the molecule is Cc1nc(NC2CCCCC2)cc(C(=O)NCc2ccc(F)cc2)n1. The maximum absolute atomic E-state index is 12.9. The second kappa shape index (κ2) is 8.05. The van der Waals surface area contributed by atoms with Crippen LogP contribution in [0.15, 0.2) is 30.3 Å². The molecule has 0 radical (unpaired) electrons. The van der Waals surface area contributed by atoms with Gasteiger partial charge < -0.3 is 10.6 Å². The molecule has 1 aliphatic rings. The first-order chi connectivity index (χ1) is 12.1. The average molecular weight is 342 g/mol. The summed E-state index contributed by atoms with van der Waals surface area (Å²) in [6.07, 6.45) is 6.02. The standard InChI is InChI=1S/C19H23FN4O/c1-13-22-17(11-18(23-13)24-16-5-3-2-4-6-16)19(25)21-12-14-7-9-15(20)10-8-14/h7-11,16H,2-6,12H2,1H3,(H,21,25)(H,22,23,24). The summed E-state index contributed by atoms with van der Waals surface area (Å²) in [6, 6.07) is 8.17. The summed E-state index contributed by atoms with van der Waals surface area (Å²) in [4.78, 5) is 21.0. The third kappa shape index (κ3) is 4.98. The van der Waals surface area contributed by atoms with Crippen LogP contribution < -0.4 is 10.6 Å². The topological polar surface area (TPSA) is 66.9 Å². The summed E-state index contributed by atoms with van der Waals surface area (Å²) in [6.45, 7) is 2.11. The molecule has 0 saturated heterocycles. The second-order valence-corrected chi connectivity index (χ2v) is 6.47. The van der Waals surface area contributed by atoms with Crippen molar-refractivity contribution < 1.29 is 9.18 Å². The minimum atomic E-state index is -0.292. The van der Waals surface area contributed by atoms with Gasteiger partial charge in [-0.15, -0.1) is 0 Å². The van der Waals surface area contributed by atoms with Crippen molar-refractivity contribution in [2.45, 2.75) is 51.6 Å². The zero-order valence-corrected chi connectivity index (χ0v) is 14.4. The van der Waals surface area contributed by atoms with Gasteiger partial charge in [-0.05, 0) is 37.5 Å². The molecular weight excluding hydrogens is 319 g/mol. The fourth-order valence-electron chi connectivity index (χ4n) is 3.09. The highest BCUT2D eigenvalue weighted by Gasteiger charge is 2.16. The quantitative estimate of drug-likeness (QED) is 0.871. The van der Waals surface area contributed by atoms with Gasteiger partial charge in [-0.25, -0.2) is 14.4 Å². The van der Waals surface area contributed by atoms with Gasteiger partial charge in [0.1, 0.15) is 23.2 Å². The van der Waals surface area contributed by atoms with E-state index in [-0.39, 0.29) is 11.7 Å². The van der Waals surface area contributed by atoms with E-state index in [1.807, 2.05) is 0 Å². The molecule has 0 unspecified atom stereocenters. The number of benzene rings is 1. The van der Waals surface area contributed by atoms with Crippen LogP contribution in [0.2, 0.25) is 0 Å². The third-order valence-electron chi connectivity index (χ3n) is 4.39. The van der Waals surface area contributed by atoms with Gasteiger partial charge >= 0.3 is 0 Å². The lowest BCUT2D eigenvalue weighted by Crippen LogP contribution is -2.26. The lowest BCUT2D eigenvalue weighted by Gasteiger charge is -2.23. The molecular formula is C19H23FN4O. The molecule has 25 heavy (non-hydrogen) atoms. The van der Waals surface area contributed by atoms with Gasteiger partial charge in [0.05, 0.1) is 0 Å². The first-order valence-electron chi connectivity index (χ1n) is 8.75. The minimum Gasteiger partial charge on any atom is -0.367 e. The van der Waals surface area contributed by atoms with Crippen LogP contribution in [0, 0.1) is 12.7 Å². The van der Waals surface area contributed by atoms with Crippen LogP contribution in [0.5, 0.6) is 0 Å². The van der Waals surface area contributed by atoms with Gasteiger partial charge in [-0.3, -0.25) is 4.79 Å². The highest BCUT2D eigenvalue weighted by Crippen LogP contribution is 2.21. The van der Waals surface area contributed by atoms with Crippen LogP contribution in [0.4, 0.5) is 10.2 Å². The van der Waals surface area contributed by atoms with Gasteiger partial charge in [0, 0.05) is 18.7 Å². The van der Waals surface area contributed by atoms with Crippen LogP contribution in [0.1, 0.15) is 54.0 Å². The van der Waals surface area contributed by atoms with Crippen LogP contribution in [0.25, 0.3) is 0 Å². The predicted octanol–water partition coefficient (Wildman–Crippen LogP) is 3.60. The second-order valence-electron chi connectivity index (χ2n) is 6.47. The van der Waals surface area contributed by atoms with Crippen molar-refractivity contribution in [1.29, 1.82) is 0 Å². The van der Waals surface area contributed by atoms with Gasteiger partial charge in [0.2, 0.25) is 0 Å². The number of amides is 1. The lowest BCUT2D eigenvalue weighted by molar-refractivity contribution is 0.0945. The summed E-state index contributed by atoms with van der Waals surface area (Å²) in [5.74, 6) is 0.709. The van der Waals surface area contributed by atoms with Crippen molar-refractivity contribution in [3.63, 3.8) is 0 Å². The van der Waals surface area contributed by atoms with Gasteiger partial charge in [-0.2, -0.15) is 0 Å². The van der Waals surface area contributed by atoms with E-state index in [4.69, 9.17) is 0 Å². The van der Waals surface area contributed by atoms with E-state index in [9.17, 15) is 9.18 Å². The number of nitrogens with one attached hydrogen (secondary N) is 2. The van der Waals surface area contributed by atoms with Crippen molar-refractivity contribution in [3.05, 3.63) is 53.2 Å². The van der Waals surface area contributed by atoms with E-state index < -0.39 is 0 Å². The maximum Gasteiger partial charge on any atom is 0.270 e. The summed E-state index contributed by atoms with van der Waals surface area (Å²) >= 11 is 0. The summed E-state index contributed by atoms with van der Waals surface area (Å²) in [5.41, 5.74) is 1.18. The summed E-state index contributed by atoms with van der Waals surface area (Å²) in [5, 5.41) is 6.24. The lowest BCUT2D eigenvalue weighted by atomic mass is 9.95. The molecule has 1 heterocycles. The van der Waals surface area contributed by atoms with E-state index in [2.05, 4.69) is 20.6 Å². The Morgan fingerprint density at radius 3 is 2.60 bits per heavy atom. The molecule has 3 rings (SSSR count). The molecule has 2 N–H and O–H groups in total. The zero-order valence-electron chi connectivity index (χ0n) is 14.4. The number of aryl methyl sites for hydroxylation is 1. The third-order valence-corrected chi connectivity index (χ3v) is 4.39. The first kappa shape index (κ1) is 17.3. The van der Waals surface area contributed by atoms with E-state index in [1.165, 1.54) is 31.4 Å². The van der Waals surface area contributed by atoms with Crippen molar-refractivity contribution in [2.24, 2.45) is 0 Å². The summed E-state index contributed by atoms with van der Waals surface area (Å²) in [7, 11) is 0. The average Bonchev–Trinajstić information content (AvgIpc) is 2.61. The van der Waals surface area contributed by atoms with E-state index in [1.54, 1.807) is 25.1 Å². The molecule has 132 valence electrons. The van der Waals surface area contributed by atoms with Crippen LogP contribution in [-0.4, -0.2) is 21.9 Å². The molecule has 1 aromatic carbocycles. The highest BCUT2D eigenvalue weighted by molar-refractivity contribution is 5.92. The fraction of sp³-hybridized carbons (Fsp3) is 0.421. The van der Waals surface area contributed by atoms with Crippen molar-refractivity contribution in [1.82, 2.24) is 15.3 Å². The van der Waals surface area contributed by atoms with Gasteiger partial charge in [-0.1, -0.05) is 31.4 Å². The fourth-order valence-corrected chi connectivity index (χ4v) is 3.09. The Morgan fingerprint density at radius 1 is 1.16 bits per heavy atom. The van der Waals surface area contributed by atoms with Crippen LogP contribution in [-0.2, 0) is 6.54 Å². The molecule has 1 amide bonds. The minimum absolute atomic E-state index is 0.262. The number of nitrogens with zero attached hydrogens (tertiary/aromatic N) is 2. The Labute approximate surface area is 147 Å². The highest BCUT2D eigenvalue weighted by atomic mass is 19.1. The molecule has 1 fully saturated rings. The Bertz CT molecular complexity index is 727. The molecule has 6 heteroatoms. The molecule has 0 bridgehead atoms. The predicted molar refractivity (Wildman–Crippen MR) is 94.8 cm³/mol. The molecule has 0 spiro atoms. The van der Waals surface area contributed by atoms with E-state index in [0.29, 0.717) is 29.9 Å². The zero-order chi connectivity index (χ0) is 17.6. The van der Waals surface area contributed by atoms with E-state index in [0.717, 1.165) is 18.4 Å². The van der Waals surface area contributed by atoms with Crippen molar-refractivity contribution in [3.8, 4) is 0 Å². The largest absolute Gasteiger partial charge is 0.367 e. The number of carbonyl (C=O) groups is 1. The monoisotopic (exact) mass is 342 g/mol. The molecule has 0 atom stereocenters. The normalized spacial score (nSPS) is 15.0. The number of aromatic nitrogens is 2.